The first-order chi connectivity index (χ1) is 11.8. The number of aromatic nitrogens is 4. The molecule has 0 saturated heterocycles. The van der Waals surface area contributed by atoms with Gasteiger partial charge in [-0.25, -0.2) is 4.98 Å². The summed E-state index contributed by atoms with van der Waals surface area (Å²) in [6.45, 7) is 0. The molecule has 6 aromatic rings. The third-order valence-corrected chi connectivity index (χ3v) is 4.77. The summed E-state index contributed by atoms with van der Waals surface area (Å²) in [6.07, 6.45) is 1.79. The summed E-state index contributed by atoms with van der Waals surface area (Å²) >= 11 is 0. The van der Waals surface area contributed by atoms with Crippen LogP contribution >= 0.6 is 0 Å². The summed E-state index contributed by atoms with van der Waals surface area (Å²) in [5.74, 6) is 0.927. The normalized spacial score (nSPS) is 12.4. The van der Waals surface area contributed by atoms with Gasteiger partial charge in [-0.3, -0.25) is 9.38 Å². The van der Waals surface area contributed by atoms with E-state index in [-0.39, 0.29) is 0 Å². The number of imidazole rings is 2. The molecular formula is C19H12N4O. The first kappa shape index (κ1) is 12.1. The molecule has 2 aromatic carbocycles. The van der Waals surface area contributed by atoms with Gasteiger partial charge in [0.1, 0.15) is 11.1 Å². The number of furan rings is 1. The van der Waals surface area contributed by atoms with Crippen LogP contribution in [0.15, 0.2) is 59.1 Å². The Morgan fingerprint density at radius 1 is 0.917 bits per heavy atom. The zero-order valence-corrected chi connectivity index (χ0v) is 12.9. The lowest BCUT2D eigenvalue weighted by Crippen LogP contribution is -1.87. The number of hydrogen-bond donors (Lipinski definition) is 0. The molecule has 4 heterocycles. The molecule has 0 unspecified atom stereocenters. The molecule has 0 bridgehead atoms. The van der Waals surface area contributed by atoms with Crippen molar-refractivity contribution in [2.45, 2.75) is 0 Å². The van der Waals surface area contributed by atoms with Gasteiger partial charge < -0.3 is 8.98 Å². The molecule has 0 amide bonds. The fourth-order valence-electron chi connectivity index (χ4n) is 3.66. The molecule has 0 spiro atoms. The van der Waals surface area contributed by atoms with Crippen LogP contribution in [0, 0.1) is 0 Å². The van der Waals surface area contributed by atoms with Crippen LogP contribution in [0.25, 0.3) is 49.9 Å². The number of aryl methyl sites for hydroxylation is 1. The predicted molar refractivity (Wildman–Crippen MR) is 94.2 cm³/mol. The van der Waals surface area contributed by atoms with E-state index in [1.807, 2.05) is 25.2 Å². The van der Waals surface area contributed by atoms with Gasteiger partial charge in [0, 0.05) is 24.7 Å². The number of pyridine rings is 1. The Kier molecular flexibility index (Phi) is 1.99. The van der Waals surface area contributed by atoms with Crippen LogP contribution < -0.4 is 0 Å². The summed E-state index contributed by atoms with van der Waals surface area (Å²) in [4.78, 5) is 9.30. The van der Waals surface area contributed by atoms with Gasteiger partial charge in [-0.1, -0.05) is 12.1 Å². The van der Waals surface area contributed by atoms with E-state index >= 15 is 0 Å². The number of fused-ring (bicyclic) bond motifs is 8. The van der Waals surface area contributed by atoms with Crippen molar-refractivity contribution in [2.24, 2.45) is 7.05 Å². The molecule has 0 saturated carbocycles. The lowest BCUT2D eigenvalue weighted by Gasteiger charge is -1.95. The Balaban J connectivity index is 1.88. The van der Waals surface area contributed by atoms with Gasteiger partial charge in [0.25, 0.3) is 0 Å². The monoisotopic (exact) mass is 312 g/mol. The summed E-state index contributed by atoms with van der Waals surface area (Å²) in [5.41, 5.74) is 6.83. The second kappa shape index (κ2) is 3.94. The molecule has 0 radical (unpaired) electrons. The number of rotatable bonds is 0. The summed E-state index contributed by atoms with van der Waals surface area (Å²) < 4.78 is 10.3. The third kappa shape index (κ3) is 1.31. The molecule has 0 aliphatic carbocycles. The van der Waals surface area contributed by atoms with Crippen molar-refractivity contribution in [3.05, 3.63) is 54.7 Å². The highest BCUT2D eigenvalue weighted by atomic mass is 16.3. The molecule has 5 heteroatoms. The molecule has 0 fully saturated rings. The van der Waals surface area contributed by atoms with E-state index < -0.39 is 0 Å². The zero-order valence-electron chi connectivity index (χ0n) is 12.9. The molecule has 5 nitrogen and oxygen atoms in total. The second-order valence-corrected chi connectivity index (χ2v) is 6.08. The maximum absolute atomic E-state index is 5.99. The van der Waals surface area contributed by atoms with Gasteiger partial charge in [-0.2, -0.15) is 0 Å². The van der Waals surface area contributed by atoms with Crippen LogP contribution in [-0.4, -0.2) is 18.9 Å². The standard InChI is InChI=1S/C19H12N4O/c1-22-13-5-2-3-6-14(13)23-15-10-17-11(9-12(15)21-19(22)23)18-16(24-17)7-4-8-20-18/h2-10H,1H3. The molecule has 0 atom stereocenters. The maximum Gasteiger partial charge on any atom is 0.215 e. The highest BCUT2D eigenvalue weighted by Crippen LogP contribution is 2.32. The van der Waals surface area contributed by atoms with Gasteiger partial charge >= 0.3 is 0 Å². The molecule has 6 rings (SSSR count). The summed E-state index contributed by atoms with van der Waals surface area (Å²) in [7, 11) is 2.05. The average Bonchev–Trinajstić information content (AvgIpc) is 3.24. The van der Waals surface area contributed by atoms with E-state index in [0.717, 1.165) is 49.9 Å². The molecular weight excluding hydrogens is 300 g/mol. The molecule has 0 N–H and O–H groups in total. The molecule has 24 heavy (non-hydrogen) atoms. The van der Waals surface area contributed by atoms with Crippen LogP contribution in [0.2, 0.25) is 0 Å². The van der Waals surface area contributed by atoms with Crippen LogP contribution in [-0.2, 0) is 7.05 Å². The maximum atomic E-state index is 5.99. The van der Waals surface area contributed by atoms with Crippen molar-refractivity contribution in [3.63, 3.8) is 0 Å². The Labute approximate surface area is 135 Å². The lowest BCUT2D eigenvalue weighted by atomic mass is 10.2. The highest BCUT2D eigenvalue weighted by molar-refractivity contribution is 6.08. The second-order valence-electron chi connectivity index (χ2n) is 6.08. The van der Waals surface area contributed by atoms with Gasteiger partial charge in [-0.15, -0.1) is 0 Å². The molecule has 114 valence electrons. The first-order valence-electron chi connectivity index (χ1n) is 7.84. The van der Waals surface area contributed by atoms with Crippen molar-refractivity contribution in [3.8, 4) is 0 Å². The van der Waals surface area contributed by atoms with E-state index in [4.69, 9.17) is 9.40 Å². The lowest BCUT2D eigenvalue weighted by molar-refractivity contribution is 0.668. The van der Waals surface area contributed by atoms with Crippen molar-refractivity contribution in [1.29, 1.82) is 0 Å². The Morgan fingerprint density at radius 3 is 2.71 bits per heavy atom. The van der Waals surface area contributed by atoms with Crippen molar-refractivity contribution >= 4 is 49.9 Å². The van der Waals surface area contributed by atoms with E-state index in [1.54, 1.807) is 6.20 Å². The SMILES string of the molecule is Cn1c2ccccc2n2c3cc4oc5cccnc5c4cc3nc12. The Hall–Kier alpha value is -3.34. The van der Waals surface area contributed by atoms with Crippen LogP contribution in [0.3, 0.4) is 0 Å². The van der Waals surface area contributed by atoms with Gasteiger partial charge in [0.05, 0.1) is 22.1 Å². The van der Waals surface area contributed by atoms with Gasteiger partial charge in [0.15, 0.2) is 5.58 Å². The van der Waals surface area contributed by atoms with E-state index in [0.29, 0.717) is 0 Å². The van der Waals surface area contributed by atoms with E-state index in [1.165, 1.54) is 0 Å². The number of hydrogen-bond acceptors (Lipinski definition) is 3. The molecule has 0 aliphatic heterocycles. The van der Waals surface area contributed by atoms with Crippen LogP contribution in [0.4, 0.5) is 0 Å². The minimum atomic E-state index is 0.805. The largest absolute Gasteiger partial charge is 0.454 e. The van der Waals surface area contributed by atoms with Crippen molar-refractivity contribution in [1.82, 2.24) is 18.9 Å². The highest BCUT2D eigenvalue weighted by Gasteiger charge is 2.16. The fraction of sp³-hybridized carbons (Fsp3) is 0.0526. The van der Waals surface area contributed by atoms with Crippen molar-refractivity contribution < 1.29 is 4.42 Å². The summed E-state index contributed by atoms with van der Waals surface area (Å²) in [6, 6.07) is 16.3. The van der Waals surface area contributed by atoms with Gasteiger partial charge in [-0.05, 0) is 30.3 Å². The zero-order chi connectivity index (χ0) is 15.8. The fourth-order valence-corrected chi connectivity index (χ4v) is 3.66. The number of nitrogens with zero attached hydrogens (tertiary/aromatic N) is 4. The summed E-state index contributed by atoms with van der Waals surface area (Å²) in [5, 5.41) is 1.01. The average molecular weight is 312 g/mol. The Morgan fingerprint density at radius 2 is 1.79 bits per heavy atom. The minimum absolute atomic E-state index is 0.805. The van der Waals surface area contributed by atoms with E-state index in [9.17, 15) is 0 Å². The van der Waals surface area contributed by atoms with Crippen LogP contribution in [0.5, 0.6) is 0 Å². The quantitative estimate of drug-likeness (QED) is 0.421. The smallest absolute Gasteiger partial charge is 0.215 e. The molecule has 0 aliphatic rings. The number of benzene rings is 2. The third-order valence-electron chi connectivity index (χ3n) is 4.77. The van der Waals surface area contributed by atoms with Crippen molar-refractivity contribution in [2.75, 3.05) is 0 Å². The van der Waals surface area contributed by atoms with Crippen LogP contribution in [0.1, 0.15) is 0 Å². The molecule has 4 aromatic heterocycles. The predicted octanol–water partition coefficient (Wildman–Crippen LogP) is 4.27. The topological polar surface area (TPSA) is 48.3 Å². The minimum Gasteiger partial charge on any atom is -0.454 e. The van der Waals surface area contributed by atoms with E-state index in [2.05, 4.69) is 44.3 Å². The van der Waals surface area contributed by atoms with Gasteiger partial charge in [0.2, 0.25) is 5.78 Å². The number of para-hydroxylation sites is 2. The Bertz CT molecular complexity index is 1420. The first-order valence-corrected chi connectivity index (χ1v) is 7.84.